The molecule has 110 valence electrons. The van der Waals surface area contributed by atoms with Gasteiger partial charge in [-0.15, -0.1) is 0 Å². The number of benzene rings is 1. The van der Waals surface area contributed by atoms with Crippen molar-refractivity contribution in [1.29, 1.82) is 0 Å². The van der Waals surface area contributed by atoms with E-state index in [-0.39, 0.29) is 11.5 Å². The van der Waals surface area contributed by atoms with Crippen LogP contribution in [0.1, 0.15) is 52.9 Å². The maximum absolute atomic E-state index is 6.33. The largest absolute Gasteiger partial charge is 0.327 e. The van der Waals surface area contributed by atoms with E-state index >= 15 is 0 Å². The second-order valence-electron chi connectivity index (χ2n) is 7.21. The molecular formula is C17H27N3. The molecule has 2 N–H and O–H groups in total. The van der Waals surface area contributed by atoms with E-state index in [1.807, 2.05) is 6.07 Å². The predicted octanol–water partition coefficient (Wildman–Crippen LogP) is 3.92. The van der Waals surface area contributed by atoms with Crippen molar-refractivity contribution in [2.75, 3.05) is 0 Å². The first kappa shape index (κ1) is 15.0. The average Bonchev–Trinajstić information content (AvgIpc) is 2.63. The Morgan fingerprint density at radius 3 is 2.45 bits per heavy atom. The van der Waals surface area contributed by atoms with Crippen molar-refractivity contribution in [3.05, 3.63) is 30.1 Å². The molecule has 0 aliphatic heterocycles. The number of hydrogen-bond acceptors (Lipinski definition) is 2. The lowest BCUT2D eigenvalue weighted by molar-refractivity contribution is 0.334. The van der Waals surface area contributed by atoms with E-state index in [0.717, 1.165) is 24.2 Å². The monoisotopic (exact) mass is 273 g/mol. The molecule has 0 aliphatic carbocycles. The van der Waals surface area contributed by atoms with Crippen molar-refractivity contribution in [3.8, 4) is 0 Å². The van der Waals surface area contributed by atoms with Gasteiger partial charge in [0.15, 0.2) is 0 Å². The summed E-state index contributed by atoms with van der Waals surface area (Å²) in [6.07, 6.45) is 1.85. The highest BCUT2D eigenvalue weighted by atomic mass is 15.1. The summed E-state index contributed by atoms with van der Waals surface area (Å²) in [6.45, 7) is 11.1. The van der Waals surface area contributed by atoms with Gasteiger partial charge < -0.3 is 10.3 Å². The molecule has 0 bridgehead atoms. The summed E-state index contributed by atoms with van der Waals surface area (Å²) in [5.74, 6) is 1.11. The molecule has 1 aromatic heterocycles. The summed E-state index contributed by atoms with van der Waals surface area (Å²) in [4.78, 5) is 4.79. The molecule has 0 amide bonds. The van der Waals surface area contributed by atoms with Crippen LogP contribution in [0.25, 0.3) is 11.0 Å². The van der Waals surface area contributed by atoms with Crippen LogP contribution in [0.3, 0.4) is 0 Å². The van der Waals surface area contributed by atoms with Gasteiger partial charge in [-0.25, -0.2) is 4.98 Å². The van der Waals surface area contributed by atoms with E-state index in [2.05, 4.69) is 57.4 Å². The zero-order chi connectivity index (χ0) is 14.9. The molecule has 0 saturated carbocycles. The minimum Gasteiger partial charge on any atom is -0.327 e. The summed E-state index contributed by atoms with van der Waals surface area (Å²) in [5.41, 5.74) is 8.86. The van der Waals surface area contributed by atoms with E-state index in [0.29, 0.717) is 6.04 Å². The fraction of sp³-hybridized carbons (Fsp3) is 0.588. The number of nitrogens with two attached hydrogens (primary N) is 1. The lowest BCUT2D eigenvalue weighted by Crippen LogP contribution is -2.29. The molecule has 2 aromatic rings. The summed E-state index contributed by atoms with van der Waals surface area (Å²) in [7, 11) is 0. The summed E-state index contributed by atoms with van der Waals surface area (Å²) >= 11 is 0. The Bertz CT molecular complexity index is 575. The number of aromatic nitrogens is 2. The van der Waals surface area contributed by atoms with Gasteiger partial charge in [0.25, 0.3) is 0 Å². The molecule has 3 nitrogen and oxygen atoms in total. The summed E-state index contributed by atoms with van der Waals surface area (Å²) in [5, 5.41) is 0. The van der Waals surface area contributed by atoms with Gasteiger partial charge in [0, 0.05) is 18.5 Å². The molecule has 1 aromatic carbocycles. The van der Waals surface area contributed by atoms with Crippen LogP contribution in [0.2, 0.25) is 0 Å². The number of rotatable bonds is 4. The fourth-order valence-electron chi connectivity index (χ4n) is 2.91. The van der Waals surface area contributed by atoms with Gasteiger partial charge in [-0.2, -0.15) is 0 Å². The molecule has 0 aliphatic rings. The quantitative estimate of drug-likeness (QED) is 0.917. The number of fused-ring (bicyclic) bond motifs is 1. The minimum atomic E-state index is 0.157. The Morgan fingerprint density at radius 2 is 1.85 bits per heavy atom. The van der Waals surface area contributed by atoms with Crippen LogP contribution in [0.5, 0.6) is 0 Å². The smallest absolute Gasteiger partial charge is 0.111 e. The van der Waals surface area contributed by atoms with Gasteiger partial charge in [0.2, 0.25) is 0 Å². The molecule has 1 atom stereocenters. The molecule has 3 heteroatoms. The van der Waals surface area contributed by atoms with Gasteiger partial charge in [-0.1, -0.05) is 32.9 Å². The molecule has 2 rings (SSSR count). The van der Waals surface area contributed by atoms with Crippen LogP contribution < -0.4 is 5.73 Å². The maximum atomic E-state index is 6.33. The Balaban J connectivity index is 2.32. The van der Waals surface area contributed by atoms with Crippen LogP contribution in [0, 0.1) is 5.41 Å². The third-order valence-corrected chi connectivity index (χ3v) is 3.50. The first-order valence-corrected chi connectivity index (χ1v) is 7.49. The van der Waals surface area contributed by atoms with E-state index in [4.69, 9.17) is 10.7 Å². The highest BCUT2D eigenvalue weighted by Gasteiger charge is 2.20. The van der Waals surface area contributed by atoms with E-state index in [1.54, 1.807) is 0 Å². The van der Waals surface area contributed by atoms with Gasteiger partial charge in [-0.05, 0) is 37.8 Å². The van der Waals surface area contributed by atoms with Crippen molar-refractivity contribution in [3.63, 3.8) is 0 Å². The number of para-hydroxylation sites is 2. The van der Waals surface area contributed by atoms with Crippen LogP contribution in [0.4, 0.5) is 0 Å². The predicted molar refractivity (Wildman–Crippen MR) is 85.9 cm³/mol. The summed E-state index contributed by atoms with van der Waals surface area (Å²) < 4.78 is 2.32. The Kier molecular flexibility index (Phi) is 4.19. The molecular weight excluding hydrogens is 246 g/mol. The van der Waals surface area contributed by atoms with Crippen LogP contribution in [-0.2, 0) is 6.42 Å². The normalized spacial score (nSPS) is 14.2. The molecule has 0 spiro atoms. The van der Waals surface area contributed by atoms with Crippen LogP contribution in [-0.4, -0.2) is 15.6 Å². The van der Waals surface area contributed by atoms with Crippen LogP contribution in [0.15, 0.2) is 24.3 Å². The van der Waals surface area contributed by atoms with Gasteiger partial charge >= 0.3 is 0 Å². The van der Waals surface area contributed by atoms with E-state index < -0.39 is 0 Å². The zero-order valence-electron chi connectivity index (χ0n) is 13.4. The zero-order valence-corrected chi connectivity index (χ0v) is 13.4. The van der Waals surface area contributed by atoms with Crippen molar-refractivity contribution in [2.24, 2.45) is 11.1 Å². The van der Waals surface area contributed by atoms with Crippen molar-refractivity contribution >= 4 is 11.0 Å². The Morgan fingerprint density at radius 1 is 1.20 bits per heavy atom. The molecule has 0 radical (unpaired) electrons. The number of hydrogen-bond donors (Lipinski definition) is 1. The van der Waals surface area contributed by atoms with Crippen LogP contribution >= 0.6 is 0 Å². The number of nitrogens with zero attached hydrogens (tertiary/aromatic N) is 2. The van der Waals surface area contributed by atoms with Gasteiger partial charge in [0.05, 0.1) is 11.0 Å². The lowest BCUT2D eigenvalue weighted by atomic mass is 9.87. The van der Waals surface area contributed by atoms with E-state index in [1.165, 1.54) is 5.52 Å². The third-order valence-electron chi connectivity index (χ3n) is 3.50. The minimum absolute atomic E-state index is 0.157. The first-order chi connectivity index (χ1) is 9.28. The molecule has 20 heavy (non-hydrogen) atoms. The Labute approximate surface area is 122 Å². The maximum Gasteiger partial charge on any atom is 0.111 e. The van der Waals surface area contributed by atoms with Crippen molar-refractivity contribution in [2.45, 2.75) is 59.5 Å². The topological polar surface area (TPSA) is 43.8 Å². The standard InChI is InChI=1S/C17H27N3/c1-12(2)20-15-9-7-6-8-14(15)19-16(20)10-13(18)11-17(3,4)5/h6-9,12-13H,10-11,18H2,1-5H3. The molecule has 1 heterocycles. The SMILES string of the molecule is CC(C)n1c(CC(N)CC(C)(C)C)nc2ccccc21. The summed E-state index contributed by atoms with van der Waals surface area (Å²) in [6, 6.07) is 8.89. The van der Waals surface area contributed by atoms with Crippen molar-refractivity contribution < 1.29 is 0 Å². The van der Waals surface area contributed by atoms with E-state index in [9.17, 15) is 0 Å². The number of imidazole rings is 1. The highest BCUT2D eigenvalue weighted by Crippen LogP contribution is 2.25. The molecule has 0 fully saturated rings. The van der Waals surface area contributed by atoms with Gasteiger partial charge in [-0.3, -0.25) is 0 Å². The second-order valence-corrected chi connectivity index (χ2v) is 7.21. The average molecular weight is 273 g/mol. The van der Waals surface area contributed by atoms with Crippen molar-refractivity contribution in [1.82, 2.24) is 9.55 Å². The first-order valence-electron chi connectivity index (χ1n) is 7.49. The highest BCUT2D eigenvalue weighted by molar-refractivity contribution is 5.76. The molecule has 0 saturated heterocycles. The lowest BCUT2D eigenvalue weighted by Gasteiger charge is -2.23. The second kappa shape index (κ2) is 5.57. The van der Waals surface area contributed by atoms with Gasteiger partial charge in [0.1, 0.15) is 5.82 Å². The Hall–Kier alpha value is -1.35. The third kappa shape index (κ3) is 3.40. The fourth-order valence-corrected chi connectivity index (χ4v) is 2.91. The molecule has 1 unspecified atom stereocenters.